The lowest BCUT2D eigenvalue weighted by atomic mass is 9.32. The number of ketones is 1. The first-order chi connectivity index (χ1) is 25.7. The maximum atomic E-state index is 14.9. The second-order valence-corrected chi connectivity index (χ2v) is 19.9. The molecule has 2 N–H and O–H groups in total. The third kappa shape index (κ3) is 5.25. The van der Waals surface area contributed by atoms with Gasteiger partial charge in [0.1, 0.15) is 21.5 Å². The normalized spacial score (nSPS) is 35.2. The minimum absolute atomic E-state index is 0.00580. The predicted octanol–water partition coefficient (Wildman–Crippen LogP) is 7.44. The summed E-state index contributed by atoms with van der Waals surface area (Å²) in [4.78, 5) is 14.9. The number of nitrogens with zero attached hydrogens (tertiary/aromatic N) is 1. The summed E-state index contributed by atoms with van der Waals surface area (Å²) in [6.07, 6.45) is 10.9. The molecule has 0 saturated heterocycles. The number of carbonyl (C=O) groups is 1. The van der Waals surface area contributed by atoms with Crippen LogP contribution in [0.5, 0.6) is 17.2 Å². The lowest BCUT2D eigenvalue weighted by molar-refractivity contribution is -0.173. The monoisotopic (exact) mass is 773 g/mol. The number of thiophene rings is 1. The number of rotatable bonds is 11. The van der Waals surface area contributed by atoms with Gasteiger partial charge in [0.25, 0.3) is 10.0 Å². The summed E-state index contributed by atoms with van der Waals surface area (Å²) in [5, 5.41) is 26.0. The molecule has 2 spiro atoms. The molecule has 54 heavy (non-hydrogen) atoms. The number of fused-ring (bicyclic) bond motifs is 1. The lowest BCUT2D eigenvalue weighted by Gasteiger charge is -2.71. The Morgan fingerprint density at radius 2 is 1.57 bits per heavy atom. The highest BCUT2D eigenvalue weighted by molar-refractivity contribution is 7.91. The third-order valence-corrected chi connectivity index (χ3v) is 17.8. The molecule has 2 aromatic carbocycles. The molecular weight excluding hydrogens is 723 g/mol. The van der Waals surface area contributed by atoms with Crippen molar-refractivity contribution in [2.24, 2.45) is 33.5 Å². The lowest BCUT2D eigenvalue weighted by Crippen LogP contribution is -2.67. The first-order valence-electron chi connectivity index (χ1n) is 19.0. The number of methoxy groups -OCH3 is 3. The van der Waals surface area contributed by atoms with Gasteiger partial charge in [-0.3, -0.25) is 4.79 Å². The topological polar surface area (TPSA) is 123 Å². The van der Waals surface area contributed by atoms with E-state index >= 15 is 0 Å². The number of ether oxygens (including phenoxy) is 3. The average molecular weight is 774 g/mol. The maximum Gasteiger partial charge on any atom is 0.252 e. The van der Waals surface area contributed by atoms with Crippen LogP contribution in [0, 0.1) is 33.5 Å². The van der Waals surface area contributed by atoms with Crippen LogP contribution in [0.2, 0.25) is 0 Å². The van der Waals surface area contributed by atoms with Gasteiger partial charge in [-0.2, -0.15) is 4.31 Å². The molecule has 3 saturated carbocycles. The molecule has 0 aliphatic heterocycles. The van der Waals surface area contributed by atoms with Gasteiger partial charge in [-0.25, -0.2) is 8.42 Å². The van der Waals surface area contributed by atoms with Crippen LogP contribution < -0.4 is 14.2 Å². The molecule has 1 aromatic heterocycles. The Bertz CT molecular complexity index is 2110. The van der Waals surface area contributed by atoms with Gasteiger partial charge >= 0.3 is 0 Å². The van der Waals surface area contributed by atoms with E-state index in [4.69, 9.17) is 14.2 Å². The van der Waals surface area contributed by atoms with Gasteiger partial charge in [-0.05, 0) is 104 Å². The van der Waals surface area contributed by atoms with Gasteiger partial charge in [-0.1, -0.05) is 44.2 Å². The number of sulfonamides is 1. The molecule has 1 heterocycles. The number of benzene rings is 2. The first-order valence-corrected chi connectivity index (χ1v) is 21.3. The summed E-state index contributed by atoms with van der Waals surface area (Å²) in [6.45, 7) is 4.37. The molecule has 9 nitrogen and oxygen atoms in total. The van der Waals surface area contributed by atoms with Crippen molar-refractivity contribution in [3.8, 4) is 17.2 Å². The molecule has 8 atom stereocenters. The van der Waals surface area contributed by atoms with Gasteiger partial charge in [0.05, 0.1) is 33.0 Å². The van der Waals surface area contributed by atoms with Crippen molar-refractivity contribution in [2.75, 3.05) is 27.9 Å². The minimum Gasteiger partial charge on any atom is -0.497 e. The largest absolute Gasteiger partial charge is 0.497 e. The molecule has 8 unspecified atom stereocenters. The summed E-state index contributed by atoms with van der Waals surface area (Å²) in [6, 6.07) is 15.9. The zero-order valence-electron chi connectivity index (χ0n) is 31.7. The SMILES string of the molecule is COc1ccc(C(=O)C2=CC34C=CC25C(CCC2(C)C5CCC2(O)CN(Cc2ccc(OC)cc2OC)S(=O)(=O)c2cccs2)C3(C)CCC(O)C4)cc1. The van der Waals surface area contributed by atoms with Crippen LogP contribution in [0.25, 0.3) is 0 Å². The van der Waals surface area contributed by atoms with Crippen LogP contribution in [0.1, 0.15) is 74.7 Å². The van der Waals surface area contributed by atoms with Crippen molar-refractivity contribution in [3.63, 3.8) is 0 Å². The van der Waals surface area contributed by atoms with E-state index in [0.717, 1.165) is 29.8 Å². The van der Waals surface area contributed by atoms with Crippen LogP contribution in [0.4, 0.5) is 0 Å². The van der Waals surface area contributed by atoms with Crippen molar-refractivity contribution in [1.29, 1.82) is 0 Å². The fourth-order valence-corrected chi connectivity index (χ4v) is 14.3. The summed E-state index contributed by atoms with van der Waals surface area (Å²) in [7, 11) is 0.692. The Labute approximate surface area is 322 Å². The predicted molar refractivity (Wildman–Crippen MR) is 207 cm³/mol. The summed E-state index contributed by atoms with van der Waals surface area (Å²) in [5.41, 5.74) is -1.48. The van der Waals surface area contributed by atoms with Crippen LogP contribution in [0.15, 0.2) is 88.0 Å². The number of allylic oxidation sites excluding steroid dienone is 4. The second kappa shape index (κ2) is 13.0. The van der Waals surface area contributed by atoms with Crippen molar-refractivity contribution < 1.29 is 37.6 Å². The Kier molecular flexibility index (Phi) is 9.05. The highest BCUT2D eigenvalue weighted by atomic mass is 32.2. The van der Waals surface area contributed by atoms with Gasteiger partial charge in [0, 0.05) is 52.1 Å². The number of hydrogen-bond donors (Lipinski definition) is 2. The minimum atomic E-state index is -4.03. The quantitative estimate of drug-likeness (QED) is 0.152. The molecule has 3 aromatic rings. The molecule has 0 amide bonds. The Hall–Kier alpha value is -3.48. The van der Waals surface area contributed by atoms with Crippen LogP contribution in [0.3, 0.4) is 0 Å². The molecule has 288 valence electrons. The van der Waals surface area contributed by atoms with Gasteiger partial charge in [-0.15, -0.1) is 11.3 Å². The van der Waals surface area contributed by atoms with Crippen LogP contribution >= 0.6 is 11.3 Å². The number of hydrogen-bond acceptors (Lipinski definition) is 9. The van der Waals surface area contributed by atoms with Crippen molar-refractivity contribution in [1.82, 2.24) is 4.31 Å². The van der Waals surface area contributed by atoms with Crippen molar-refractivity contribution >= 4 is 27.1 Å². The average Bonchev–Trinajstić information content (AvgIpc) is 3.81. The van der Waals surface area contributed by atoms with Gasteiger partial charge < -0.3 is 24.4 Å². The van der Waals surface area contributed by atoms with Gasteiger partial charge in [0.15, 0.2) is 5.78 Å². The van der Waals surface area contributed by atoms with E-state index in [9.17, 15) is 23.4 Å². The molecular formula is C43H51NO8S2. The van der Waals surface area contributed by atoms with Crippen LogP contribution in [-0.2, 0) is 16.6 Å². The summed E-state index contributed by atoms with van der Waals surface area (Å²) < 4.78 is 47.2. The van der Waals surface area contributed by atoms with E-state index in [1.165, 1.54) is 4.31 Å². The molecule has 9 rings (SSSR count). The molecule has 0 radical (unpaired) electrons. The molecule has 6 aliphatic carbocycles. The molecule has 11 heteroatoms. The van der Waals surface area contributed by atoms with E-state index in [-0.39, 0.29) is 40.3 Å². The molecule has 6 aliphatic rings. The van der Waals surface area contributed by atoms with E-state index < -0.39 is 38.0 Å². The van der Waals surface area contributed by atoms with E-state index in [1.807, 2.05) is 30.3 Å². The van der Waals surface area contributed by atoms with E-state index in [2.05, 4.69) is 32.1 Å². The third-order valence-electron chi connectivity index (χ3n) is 14.7. The van der Waals surface area contributed by atoms with Crippen molar-refractivity contribution in [3.05, 3.63) is 94.9 Å². The Morgan fingerprint density at radius 3 is 2.26 bits per heavy atom. The number of aliphatic hydroxyl groups excluding tert-OH is 1. The molecule has 2 bridgehead atoms. The van der Waals surface area contributed by atoms with Gasteiger partial charge in [0.2, 0.25) is 0 Å². The number of carbonyl (C=O) groups excluding carboxylic acids is 1. The van der Waals surface area contributed by atoms with E-state index in [0.29, 0.717) is 60.5 Å². The maximum absolute atomic E-state index is 14.9. The van der Waals surface area contributed by atoms with Crippen LogP contribution in [-0.4, -0.2) is 68.3 Å². The second-order valence-electron chi connectivity index (χ2n) is 16.8. The standard InChI is InChI=1S/C43H51NO8S2/c1-39-17-14-30(45)24-41(39)20-21-43(33(25-41)38(46)28-8-11-31(50-3)12-9-28)35(39)15-18-40(2)36(43)16-19-42(40,47)27-44(54(48,49)37-7-6-22-53-37)26-29-10-13-32(51-4)23-34(29)52-5/h6-13,20-23,25,30,35-36,45,47H,14-19,24,26-27H2,1-5H3. The van der Waals surface area contributed by atoms with E-state index in [1.54, 1.807) is 51.0 Å². The summed E-state index contributed by atoms with van der Waals surface area (Å²) in [5.74, 6) is 1.70. The highest BCUT2D eigenvalue weighted by Gasteiger charge is 2.74. The number of aliphatic hydroxyl groups is 2. The summed E-state index contributed by atoms with van der Waals surface area (Å²) >= 11 is 1.16. The Balaban J connectivity index is 1.22. The van der Waals surface area contributed by atoms with Crippen molar-refractivity contribution in [2.45, 2.75) is 81.3 Å². The zero-order valence-corrected chi connectivity index (χ0v) is 33.3. The molecule has 3 fully saturated rings. The smallest absolute Gasteiger partial charge is 0.252 e. The fourth-order valence-electron chi connectivity index (χ4n) is 11.7. The Morgan fingerprint density at radius 1 is 0.889 bits per heavy atom. The zero-order chi connectivity index (χ0) is 38.3. The highest BCUT2D eigenvalue weighted by Crippen LogP contribution is 2.78. The fraction of sp³-hybridized carbons (Fsp3) is 0.512. The number of Topliss-reactive ketones (excluding diaryl/α,β-unsaturated/α-hetero) is 1. The first kappa shape index (κ1) is 37.4.